The van der Waals surface area contributed by atoms with Crippen LogP contribution in [0.2, 0.25) is 0 Å². The molecule has 0 aliphatic carbocycles. The summed E-state index contributed by atoms with van der Waals surface area (Å²) in [5, 5.41) is 13.6. The van der Waals surface area contributed by atoms with Crippen molar-refractivity contribution in [1.29, 1.82) is 0 Å². The monoisotopic (exact) mass is 241 g/mol. The van der Waals surface area contributed by atoms with Crippen molar-refractivity contribution in [1.82, 2.24) is 5.32 Å². The number of nitrogens with one attached hydrogen (secondary N) is 1. The molecule has 1 aromatic rings. The Hall–Kier alpha value is -0.870. The fourth-order valence-electron chi connectivity index (χ4n) is 1.46. The minimum absolute atomic E-state index is 0.00734. The Bertz CT molecular complexity index is 320. The minimum atomic E-state index is -0.00734. The maximum Gasteiger partial charge on any atom is 0.261 e. The Morgan fingerprint density at radius 1 is 1.56 bits per heavy atom. The van der Waals surface area contributed by atoms with Gasteiger partial charge < -0.3 is 10.4 Å². The number of hydrogen-bond donors (Lipinski definition) is 2. The third-order valence-electron chi connectivity index (χ3n) is 2.48. The van der Waals surface area contributed by atoms with Crippen molar-refractivity contribution in [3.05, 3.63) is 22.4 Å². The molecule has 0 bridgehead atoms. The van der Waals surface area contributed by atoms with Gasteiger partial charge in [-0.05, 0) is 29.7 Å². The summed E-state index contributed by atoms with van der Waals surface area (Å²) in [5.74, 6) is -0.00734. The molecule has 0 radical (unpaired) electrons. The van der Waals surface area contributed by atoms with Crippen LogP contribution in [0.25, 0.3) is 0 Å². The van der Waals surface area contributed by atoms with Crippen LogP contribution in [-0.2, 0) is 0 Å². The normalized spacial score (nSPS) is 11.4. The molecule has 0 saturated heterocycles. The summed E-state index contributed by atoms with van der Waals surface area (Å²) < 4.78 is 0. The molecule has 1 amide bonds. The number of aliphatic hydroxyl groups is 1. The predicted octanol–water partition coefficient (Wildman–Crippen LogP) is 2.28. The Morgan fingerprint density at radius 2 is 2.31 bits per heavy atom. The second-order valence-electron chi connectivity index (χ2n) is 4.65. The van der Waals surface area contributed by atoms with E-state index in [1.165, 1.54) is 11.3 Å². The highest BCUT2D eigenvalue weighted by Crippen LogP contribution is 2.21. The van der Waals surface area contributed by atoms with E-state index in [4.69, 9.17) is 5.11 Å². The molecule has 0 fully saturated rings. The summed E-state index contributed by atoms with van der Waals surface area (Å²) in [6.45, 7) is 5.04. The molecule has 1 heterocycles. The molecule has 4 heteroatoms. The summed E-state index contributed by atoms with van der Waals surface area (Å²) in [4.78, 5) is 12.4. The SMILES string of the molecule is CC(C)(CCCO)CNC(=O)c1cccs1. The first-order valence-electron chi connectivity index (χ1n) is 5.48. The van der Waals surface area contributed by atoms with Gasteiger partial charge in [0, 0.05) is 13.2 Å². The van der Waals surface area contributed by atoms with E-state index in [2.05, 4.69) is 19.2 Å². The molecular formula is C12H19NO2S. The van der Waals surface area contributed by atoms with Gasteiger partial charge in [-0.2, -0.15) is 0 Å². The summed E-state index contributed by atoms with van der Waals surface area (Å²) in [5.41, 5.74) is 0.0374. The Labute approximate surface area is 100 Å². The molecule has 2 N–H and O–H groups in total. The van der Waals surface area contributed by atoms with Crippen molar-refractivity contribution in [3.63, 3.8) is 0 Å². The maximum absolute atomic E-state index is 11.7. The van der Waals surface area contributed by atoms with Crippen molar-refractivity contribution in [2.24, 2.45) is 5.41 Å². The average molecular weight is 241 g/mol. The van der Waals surface area contributed by atoms with Crippen LogP contribution in [0.4, 0.5) is 0 Å². The molecule has 90 valence electrons. The smallest absolute Gasteiger partial charge is 0.261 e. The van der Waals surface area contributed by atoms with Gasteiger partial charge in [0.05, 0.1) is 4.88 Å². The quantitative estimate of drug-likeness (QED) is 0.802. The third kappa shape index (κ3) is 4.33. The molecule has 1 aromatic heterocycles. The van der Waals surface area contributed by atoms with Crippen molar-refractivity contribution in [2.45, 2.75) is 26.7 Å². The van der Waals surface area contributed by atoms with E-state index >= 15 is 0 Å². The summed E-state index contributed by atoms with van der Waals surface area (Å²) in [7, 11) is 0. The van der Waals surface area contributed by atoms with E-state index in [1.54, 1.807) is 0 Å². The lowest BCUT2D eigenvalue weighted by atomic mass is 9.88. The van der Waals surface area contributed by atoms with Crippen molar-refractivity contribution in [3.8, 4) is 0 Å². The number of rotatable bonds is 6. The van der Waals surface area contributed by atoms with Crippen LogP contribution in [0.3, 0.4) is 0 Å². The van der Waals surface area contributed by atoms with E-state index in [9.17, 15) is 4.79 Å². The molecule has 0 aliphatic rings. The zero-order chi connectivity index (χ0) is 12.0. The van der Waals surface area contributed by atoms with Gasteiger partial charge in [-0.1, -0.05) is 19.9 Å². The lowest BCUT2D eigenvalue weighted by Gasteiger charge is -2.24. The van der Waals surface area contributed by atoms with Crippen molar-refractivity contribution < 1.29 is 9.90 Å². The molecule has 0 saturated carbocycles. The Morgan fingerprint density at radius 3 is 2.88 bits per heavy atom. The van der Waals surface area contributed by atoms with Crippen LogP contribution < -0.4 is 5.32 Å². The second kappa shape index (κ2) is 6.01. The number of carbonyl (C=O) groups is 1. The molecule has 0 spiro atoms. The fraction of sp³-hybridized carbons (Fsp3) is 0.583. The first kappa shape index (κ1) is 13.2. The molecule has 0 aliphatic heterocycles. The molecule has 0 aromatic carbocycles. The van der Waals surface area contributed by atoms with Crippen LogP contribution in [0.5, 0.6) is 0 Å². The van der Waals surface area contributed by atoms with Gasteiger partial charge in [-0.25, -0.2) is 0 Å². The predicted molar refractivity (Wildman–Crippen MR) is 66.8 cm³/mol. The van der Waals surface area contributed by atoms with Crippen LogP contribution in [0.15, 0.2) is 17.5 Å². The number of thiophene rings is 1. The maximum atomic E-state index is 11.7. The lowest BCUT2D eigenvalue weighted by molar-refractivity contribution is 0.0937. The number of amides is 1. The van der Waals surface area contributed by atoms with E-state index in [0.717, 1.165) is 17.7 Å². The van der Waals surface area contributed by atoms with Crippen LogP contribution in [0.1, 0.15) is 36.4 Å². The highest BCUT2D eigenvalue weighted by Gasteiger charge is 2.18. The van der Waals surface area contributed by atoms with Crippen LogP contribution in [0, 0.1) is 5.41 Å². The van der Waals surface area contributed by atoms with Gasteiger partial charge in [0.2, 0.25) is 0 Å². The number of carbonyl (C=O) groups excluding carboxylic acids is 1. The molecule has 0 atom stereocenters. The zero-order valence-corrected chi connectivity index (χ0v) is 10.6. The van der Waals surface area contributed by atoms with E-state index in [-0.39, 0.29) is 17.9 Å². The van der Waals surface area contributed by atoms with Crippen molar-refractivity contribution >= 4 is 17.2 Å². The van der Waals surface area contributed by atoms with Gasteiger partial charge in [-0.3, -0.25) is 4.79 Å². The third-order valence-corrected chi connectivity index (χ3v) is 3.35. The van der Waals surface area contributed by atoms with Gasteiger partial charge in [-0.15, -0.1) is 11.3 Å². The lowest BCUT2D eigenvalue weighted by Crippen LogP contribution is -2.33. The van der Waals surface area contributed by atoms with Crippen LogP contribution in [-0.4, -0.2) is 24.2 Å². The second-order valence-corrected chi connectivity index (χ2v) is 5.60. The molecule has 0 unspecified atom stereocenters. The van der Waals surface area contributed by atoms with Gasteiger partial charge in [0.15, 0.2) is 0 Å². The Kier molecular flexibility index (Phi) is 4.96. The average Bonchev–Trinajstić information content (AvgIpc) is 2.77. The largest absolute Gasteiger partial charge is 0.396 e. The first-order valence-corrected chi connectivity index (χ1v) is 6.36. The number of aliphatic hydroxyl groups excluding tert-OH is 1. The molecule has 3 nitrogen and oxygen atoms in total. The standard InChI is InChI=1S/C12H19NO2S/c1-12(2,6-4-7-14)9-13-11(15)10-5-3-8-16-10/h3,5,8,14H,4,6-7,9H2,1-2H3,(H,13,15). The topological polar surface area (TPSA) is 49.3 Å². The van der Waals surface area contributed by atoms with Gasteiger partial charge in [0.25, 0.3) is 5.91 Å². The zero-order valence-electron chi connectivity index (χ0n) is 9.82. The first-order chi connectivity index (χ1) is 7.55. The highest BCUT2D eigenvalue weighted by atomic mass is 32.1. The van der Waals surface area contributed by atoms with Gasteiger partial charge >= 0.3 is 0 Å². The van der Waals surface area contributed by atoms with E-state index in [0.29, 0.717) is 6.54 Å². The van der Waals surface area contributed by atoms with Crippen LogP contribution >= 0.6 is 11.3 Å². The number of hydrogen-bond acceptors (Lipinski definition) is 3. The minimum Gasteiger partial charge on any atom is -0.396 e. The molecule has 16 heavy (non-hydrogen) atoms. The van der Waals surface area contributed by atoms with E-state index in [1.807, 2.05) is 17.5 Å². The molecule has 1 rings (SSSR count). The summed E-state index contributed by atoms with van der Waals surface area (Å²) in [6, 6.07) is 3.69. The van der Waals surface area contributed by atoms with Gasteiger partial charge in [0.1, 0.15) is 0 Å². The van der Waals surface area contributed by atoms with E-state index < -0.39 is 0 Å². The molecular weight excluding hydrogens is 222 g/mol. The highest BCUT2D eigenvalue weighted by molar-refractivity contribution is 7.12. The fourth-order valence-corrected chi connectivity index (χ4v) is 2.10. The summed E-state index contributed by atoms with van der Waals surface area (Å²) >= 11 is 1.45. The van der Waals surface area contributed by atoms with Crippen molar-refractivity contribution in [2.75, 3.05) is 13.2 Å². The Balaban J connectivity index is 2.36. The summed E-state index contributed by atoms with van der Waals surface area (Å²) in [6.07, 6.45) is 1.69.